The van der Waals surface area contributed by atoms with Gasteiger partial charge in [0.15, 0.2) is 0 Å². The van der Waals surface area contributed by atoms with Gasteiger partial charge in [-0.25, -0.2) is 4.79 Å². The third-order valence-corrected chi connectivity index (χ3v) is 6.82. The van der Waals surface area contributed by atoms with Gasteiger partial charge in [-0.1, -0.05) is 42.5 Å². The maximum Gasteiger partial charge on any atom is 0.335 e. The Morgan fingerprint density at radius 2 is 2.04 bits per heavy atom. The Hall–Kier alpha value is -1.31. The minimum atomic E-state index is -3.94. The van der Waals surface area contributed by atoms with E-state index in [2.05, 4.69) is 5.32 Å². The molecule has 1 aromatic carbocycles. The van der Waals surface area contributed by atoms with Gasteiger partial charge in [0.25, 0.3) is 0 Å². The van der Waals surface area contributed by atoms with Gasteiger partial charge in [0.2, 0.25) is 0 Å². The van der Waals surface area contributed by atoms with Crippen molar-refractivity contribution in [2.75, 3.05) is 24.3 Å². The molecule has 2 amide bonds. The van der Waals surface area contributed by atoms with Crippen molar-refractivity contribution in [3.05, 3.63) is 48.0 Å². The lowest BCUT2D eigenvalue weighted by atomic mass is 10.1. The third kappa shape index (κ3) is 8.49. The van der Waals surface area contributed by atoms with E-state index in [1.165, 1.54) is 11.8 Å². The van der Waals surface area contributed by atoms with E-state index in [1.807, 2.05) is 36.4 Å². The zero-order chi connectivity index (χ0) is 19.7. The smallest absolute Gasteiger partial charge is 0.335 e. The van der Waals surface area contributed by atoms with Crippen molar-refractivity contribution >= 4 is 25.4 Å². The number of rotatable bonds is 11. The lowest BCUT2D eigenvalue weighted by molar-refractivity contribution is 0.207. The number of carbonyl (C=O) groups excluding carboxylic acids is 1. The maximum atomic E-state index is 12.0. The van der Waals surface area contributed by atoms with Gasteiger partial charge in [0, 0.05) is 19.5 Å². The van der Waals surface area contributed by atoms with Crippen LogP contribution in [0.3, 0.4) is 0 Å². The first-order valence-electron chi connectivity index (χ1n) is 8.92. The number of hydrogen-bond donors (Lipinski definition) is 4. The molecule has 0 aromatic heterocycles. The average molecular weight is 414 g/mol. The number of urea groups is 1. The fourth-order valence-electron chi connectivity index (χ4n) is 2.84. The Bertz CT molecular complexity index is 667. The van der Waals surface area contributed by atoms with Crippen molar-refractivity contribution in [1.29, 1.82) is 0 Å². The summed E-state index contributed by atoms with van der Waals surface area (Å²) in [5, 5.41) is 13.0. The molecule has 1 aliphatic rings. The zero-order valence-corrected chi connectivity index (χ0v) is 16.8. The molecule has 1 saturated heterocycles. The molecular weight excluding hydrogens is 387 g/mol. The van der Waals surface area contributed by atoms with Crippen LogP contribution in [-0.2, 0) is 11.0 Å². The van der Waals surface area contributed by atoms with Crippen LogP contribution in [0, 0.1) is 0 Å². The van der Waals surface area contributed by atoms with Gasteiger partial charge in [-0.05, 0) is 24.2 Å². The predicted molar refractivity (Wildman–Crippen MR) is 108 cm³/mol. The van der Waals surface area contributed by atoms with Gasteiger partial charge in [0.05, 0.1) is 17.6 Å². The highest BCUT2D eigenvalue weighted by atomic mass is 32.2. The lowest BCUT2D eigenvalue weighted by Gasteiger charge is -2.20. The Morgan fingerprint density at radius 3 is 2.74 bits per heavy atom. The van der Waals surface area contributed by atoms with Gasteiger partial charge >= 0.3 is 13.6 Å². The van der Waals surface area contributed by atoms with Crippen LogP contribution in [0.1, 0.15) is 18.4 Å². The van der Waals surface area contributed by atoms with Crippen LogP contribution in [0.5, 0.6) is 0 Å². The fourth-order valence-corrected chi connectivity index (χ4v) is 4.72. The van der Waals surface area contributed by atoms with Crippen molar-refractivity contribution < 1.29 is 24.3 Å². The predicted octanol–water partition coefficient (Wildman–Crippen LogP) is 2.19. The summed E-state index contributed by atoms with van der Waals surface area (Å²) in [5.41, 5.74) is 0.891. The van der Waals surface area contributed by atoms with Crippen LogP contribution in [0.4, 0.5) is 4.79 Å². The number of nitrogens with zero attached hydrogens (tertiary/aromatic N) is 1. The summed E-state index contributed by atoms with van der Waals surface area (Å²) in [4.78, 5) is 31.3. The molecular formula is C18H27N2O5PS. The Balaban J connectivity index is 1.73. The van der Waals surface area contributed by atoms with E-state index in [9.17, 15) is 14.5 Å². The highest BCUT2D eigenvalue weighted by Crippen LogP contribution is 2.38. The van der Waals surface area contributed by atoms with E-state index >= 15 is 0 Å². The van der Waals surface area contributed by atoms with Crippen LogP contribution < -0.4 is 5.32 Å². The van der Waals surface area contributed by atoms with Gasteiger partial charge in [-0.2, -0.15) is 0 Å². The molecule has 0 radical (unpaired) electrons. The number of nitrogens with one attached hydrogen (secondary N) is 1. The minimum Gasteiger partial charge on any atom is -0.389 e. The first-order valence-corrected chi connectivity index (χ1v) is 11.9. The van der Waals surface area contributed by atoms with Gasteiger partial charge in [-0.3, -0.25) is 4.57 Å². The summed E-state index contributed by atoms with van der Waals surface area (Å²) in [6, 6.07) is 9.53. The number of aliphatic hydroxyl groups excluding tert-OH is 1. The minimum absolute atomic E-state index is 0.0920. The van der Waals surface area contributed by atoms with E-state index in [4.69, 9.17) is 9.79 Å². The second-order valence-corrected chi connectivity index (χ2v) is 9.68. The summed E-state index contributed by atoms with van der Waals surface area (Å²) in [6.07, 6.45) is 5.07. The molecule has 0 bridgehead atoms. The molecule has 1 aromatic rings. The molecule has 1 fully saturated rings. The normalized spacial score (nSPS) is 18.9. The Morgan fingerprint density at radius 1 is 1.30 bits per heavy atom. The van der Waals surface area contributed by atoms with E-state index in [0.29, 0.717) is 25.3 Å². The van der Waals surface area contributed by atoms with Crippen LogP contribution in [-0.4, -0.2) is 62.3 Å². The molecule has 1 heterocycles. The largest absolute Gasteiger partial charge is 0.389 e. The van der Waals surface area contributed by atoms with Gasteiger partial charge in [0.1, 0.15) is 0 Å². The SMILES string of the molecule is O=C1NC[C@H](C=CC(O)Cc2ccccc2)N1CCCCSCP(=O)(O)O. The third-order valence-electron chi connectivity index (χ3n) is 4.16. The molecule has 9 heteroatoms. The molecule has 1 aliphatic heterocycles. The summed E-state index contributed by atoms with van der Waals surface area (Å²) in [5.74, 6) is 0.650. The number of unbranched alkanes of at least 4 members (excludes halogenated alkanes) is 1. The summed E-state index contributed by atoms with van der Waals surface area (Å²) in [6.45, 7) is 1.09. The molecule has 2 atom stereocenters. The average Bonchev–Trinajstić information content (AvgIpc) is 2.96. The van der Waals surface area contributed by atoms with Gasteiger partial charge < -0.3 is 25.1 Å². The van der Waals surface area contributed by atoms with E-state index < -0.39 is 13.7 Å². The topological polar surface area (TPSA) is 110 Å². The summed E-state index contributed by atoms with van der Waals surface area (Å²) in [7, 11) is -3.94. The van der Waals surface area contributed by atoms with Crippen molar-refractivity contribution in [2.45, 2.75) is 31.4 Å². The van der Waals surface area contributed by atoms with E-state index in [1.54, 1.807) is 11.0 Å². The van der Waals surface area contributed by atoms with Crippen molar-refractivity contribution in [1.82, 2.24) is 10.2 Å². The summed E-state index contributed by atoms with van der Waals surface area (Å²) < 4.78 is 10.8. The van der Waals surface area contributed by atoms with Crippen molar-refractivity contribution in [3.63, 3.8) is 0 Å². The standard InChI is InChI=1S/C18H27N2O5PS/c21-17(12-15-6-2-1-3-7-15)9-8-16-13-19-18(22)20(16)10-4-5-11-27-14-26(23,24)25/h1-3,6-9,16-17,21H,4-5,10-14H2,(H,19,22)(H2,23,24,25)/t16-,17?/m0/s1. The Kier molecular flexibility index (Phi) is 8.86. The fraction of sp³-hybridized carbons (Fsp3) is 0.500. The molecule has 0 saturated carbocycles. The number of carbonyl (C=O) groups is 1. The molecule has 1 unspecified atom stereocenters. The highest BCUT2D eigenvalue weighted by Gasteiger charge is 2.28. The van der Waals surface area contributed by atoms with Crippen LogP contribution in [0.2, 0.25) is 0 Å². The van der Waals surface area contributed by atoms with Crippen LogP contribution in [0.25, 0.3) is 0 Å². The quantitative estimate of drug-likeness (QED) is 0.251. The second kappa shape index (κ2) is 10.9. The summed E-state index contributed by atoms with van der Waals surface area (Å²) >= 11 is 1.23. The highest BCUT2D eigenvalue weighted by molar-refractivity contribution is 8.04. The molecule has 7 nitrogen and oxygen atoms in total. The lowest BCUT2D eigenvalue weighted by Crippen LogP contribution is -2.34. The number of aliphatic hydroxyl groups is 1. The number of benzene rings is 1. The first-order chi connectivity index (χ1) is 12.8. The van der Waals surface area contributed by atoms with Crippen LogP contribution >= 0.6 is 19.4 Å². The Labute approximate surface area is 164 Å². The molecule has 2 rings (SSSR count). The van der Waals surface area contributed by atoms with Crippen LogP contribution in [0.15, 0.2) is 42.5 Å². The number of thioether (sulfide) groups is 1. The van der Waals surface area contributed by atoms with E-state index in [-0.39, 0.29) is 17.6 Å². The number of amides is 2. The number of hydrogen-bond acceptors (Lipinski definition) is 4. The second-order valence-electron chi connectivity index (χ2n) is 6.50. The molecule has 0 spiro atoms. The van der Waals surface area contributed by atoms with Crippen molar-refractivity contribution in [2.24, 2.45) is 0 Å². The monoisotopic (exact) mass is 414 g/mol. The first kappa shape index (κ1) is 22.0. The van der Waals surface area contributed by atoms with Gasteiger partial charge in [-0.15, -0.1) is 11.8 Å². The maximum absolute atomic E-state index is 12.0. The van der Waals surface area contributed by atoms with Crippen molar-refractivity contribution in [3.8, 4) is 0 Å². The molecule has 150 valence electrons. The molecule has 4 N–H and O–H groups in total. The zero-order valence-electron chi connectivity index (χ0n) is 15.1. The molecule has 27 heavy (non-hydrogen) atoms. The van der Waals surface area contributed by atoms with E-state index in [0.717, 1.165) is 18.4 Å². The molecule has 0 aliphatic carbocycles.